The highest BCUT2D eigenvalue weighted by molar-refractivity contribution is 6.31. The summed E-state index contributed by atoms with van der Waals surface area (Å²) in [5.41, 5.74) is 5.43. The smallest absolute Gasteiger partial charge is 0.0438 e. The lowest BCUT2D eigenvalue weighted by Crippen LogP contribution is -2.36. The molecule has 2 rings (SSSR count). The van der Waals surface area contributed by atoms with Gasteiger partial charge in [0.25, 0.3) is 0 Å². The number of aryl methyl sites for hydroxylation is 1. The van der Waals surface area contributed by atoms with Crippen molar-refractivity contribution in [1.29, 1.82) is 0 Å². The minimum absolute atomic E-state index is 0.263. The molecule has 0 aromatic heterocycles. The molecule has 0 saturated heterocycles. The Labute approximate surface area is 125 Å². The zero-order valence-electron chi connectivity index (χ0n) is 11.6. The fourth-order valence-corrected chi connectivity index (χ4v) is 2.58. The monoisotopic (exact) mass is 288 g/mol. The summed E-state index contributed by atoms with van der Waals surface area (Å²) in [5, 5.41) is 0.816. The van der Waals surface area contributed by atoms with E-state index in [0.29, 0.717) is 0 Å². The van der Waals surface area contributed by atoms with Crippen molar-refractivity contribution in [2.75, 3.05) is 0 Å². The van der Waals surface area contributed by atoms with Crippen molar-refractivity contribution in [3.05, 3.63) is 70.7 Å². The third-order valence-electron chi connectivity index (χ3n) is 3.52. The van der Waals surface area contributed by atoms with E-state index in [9.17, 15) is 0 Å². The Kier molecular flexibility index (Phi) is 6.06. The molecule has 0 fully saturated rings. The summed E-state index contributed by atoms with van der Waals surface area (Å²) in [6.45, 7) is 0. The first-order chi connectivity index (χ1) is 9.79. The van der Waals surface area contributed by atoms with Crippen molar-refractivity contribution in [2.24, 2.45) is 5.84 Å². The molecule has 0 saturated carbocycles. The molecular weight excluding hydrogens is 268 g/mol. The Hall–Kier alpha value is -1.35. The van der Waals surface area contributed by atoms with Gasteiger partial charge in [0.05, 0.1) is 0 Å². The highest BCUT2D eigenvalue weighted by Crippen LogP contribution is 2.18. The van der Waals surface area contributed by atoms with Crippen molar-refractivity contribution in [2.45, 2.75) is 31.7 Å². The van der Waals surface area contributed by atoms with Crippen LogP contribution in [0.25, 0.3) is 0 Å². The van der Waals surface area contributed by atoms with Crippen molar-refractivity contribution in [3.8, 4) is 0 Å². The normalized spacial score (nSPS) is 12.3. The summed E-state index contributed by atoms with van der Waals surface area (Å²) in [5.74, 6) is 5.66. The minimum Gasteiger partial charge on any atom is -0.271 e. The number of nitrogens with one attached hydrogen (secondary N) is 1. The van der Waals surface area contributed by atoms with Gasteiger partial charge in [-0.25, -0.2) is 0 Å². The van der Waals surface area contributed by atoms with Crippen LogP contribution in [-0.4, -0.2) is 6.04 Å². The number of hydrogen-bond donors (Lipinski definition) is 2. The second kappa shape index (κ2) is 8.05. The van der Waals surface area contributed by atoms with Crippen LogP contribution in [0.15, 0.2) is 54.6 Å². The van der Waals surface area contributed by atoms with Gasteiger partial charge in [0, 0.05) is 11.1 Å². The maximum Gasteiger partial charge on any atom is 0.0438 e. The number of rotatable bonds is 7. The van der Waals surface area contributed by atoms with Crippen molar-refractivity contribution < 1.29 is 0 Å². The number of benzene rings is 2. The van der Waals surface area contributed by atoms with E-state index in [1.807, 2.05) is 24.3 Å². The molecule has 0 aliphatic carbocycles. The van der Waals surface area contributed by atoms with Crippen LogP contribution in [0.2, 0.25) is 5.02 Å². The quantitative estimate of drug-likeness (QED) is 0.602. The lowest BCUT2D eigenvalue weighted by molar-refractivity contribution is 0.476. The van der Waals surface area contributed by atoms with E-state index in [-0.39, 0.29) is 6.04 Å². The number of nitrogens with two attached hydrogens (primary N) is 1. The Morgan fingerprint density at radius 1 is 1.00 bits per heavy atom. The van der Waals surface area contributed by atoms with Crippen molar-refractivity contribution >= 4 is 11.6 Å². The first kappa shape index (κ1) is 15.0. The average molecular weight is 289 g/mol. The van der Waals surface area contributed by atoms with Gasteiger partial charge in [-0.05, 0) is 42.9 Å². The molecule has 2 aromatic rings. The molecule has 1 unspecified atom stereocenters. The maximum atomic E-state index is 6.19. The van der Waals surface area contributed by atoms with Gasteiger partial charge in [0.2, 0.25) is 0 Å². The van der Waals surface area contributed by atoms with E-state index in [4.69, 9.17) is 17.4 Å². The van der Waals surface area contributed by atoms with Crippen LogP contribution >= 0.6 is 11.6 Å². The van der Waals surface area contributed by atoms with E-state index in [1.165, 1.54) is 5.56 Å². The number of hydrogen-bond acceptors (Lipinski definition) is 2. The van der Waals surface area contributed by atoms with Crippen LogP contribution in [-0.2, 0) is 12.8 Å². The Morgan fingerprint density at radius 3 is 2.40 bits per heavy atom. The van der Waals surface area contributed by atoms with Gasteiger partial charge >= 0.3 is 0 Å². The van der Waals surface area contributed by atoms with Crippen LogP contribution in [0.5, 0.6) is 0 Å². The highest BCUT2D eigenvalue weighted by Gasteiger charge is 2.09. The molecule has 0 spiro atoms. The fourth-order valence-electron chi connectivity index (χ4n) is 2.37. The van der Waals surface area contributed by atoms with Crippen LogP contribution in [0.1, 0.15) is 24.0 Å². The second-order valence-electron chi connectivity index (χ2n) is 5.04. The van der Waals surface area contributed by atoms with Crippen LogP contribution in [0.3, 0.4) is 0 Å². The summed E-state index contributed by atoms with van der Waals surface area (Å²) in [7, 11) is 0. The minimum atomic E-state index is 0.263. The van der Waals surface area contributed by atoms with Gasteiger partial charge in [-0.3, -0.25) is 11.3 Å². The van der Waals surface area contributed by atoms with Gasteiger partial charge in [0.1, 0.15) is 0 Å². The average Bonchev–Trinajstić information content (AvgIpc) is 2.49. The summed E-state index contributed by atoms with van der Waals surface area (Å²) in [6, 6.07) is 18.8. The van der Waals surface area contributed by atoms with E-state index in [1.54, 1.807) is 0 Å². The standard InChI is InChI=1S/C17H21ClN2/c18-17-12-5-4-10-15(17)13-16(20-19)11-6-9-14-7-2-1-3-8-14/h1-5,7-8,10,12,16,20H,6,9,11,13,19H2. The van der Waals surface area contributed by atoms with E-state index in [2.05, 4.69) is 35.8 Å². The third kappa shape index (κ3) is 4.64. The van der Waals surface area contributed by atoms with Gasteiger partial charge < -0.3 is 0 Å². The topological polar surface area (TPSA) is 38.0 Å². The Balaban J connectivity index is 1.82. The number of hydrazine groups is 1. The third-order valence-corrected chi connectivity index (χ3v) is 3.89. The molecule has 2 nitrogen and oxygen atoms in total. The fraction of sp³-hybridized carbons (Fsp3) is 0.294. The highest BCUT2D eigenvalue weighted by atomic mass is 35.5. The SMILES string of the molecule is NNC(CCCc1ccccc1)Cc1ccccc1Cl. The first-order valence-corrected chi connectivity index (χ1v) is 7.41. The van der Waals surface area contributed by atoms with Gasteiger partial charge in [-0.2, -0.15) is 0 Å². The molecule has 0 radical (unpaired) electrons. The summed E-state index contributed by atoms with van der Waals surface area (Å²) >= 11 is 6.19. The Bertz CT molecular complexity index is 513. The maximum absolute atomic E-state index is 6.19. The molecule has 2 aromatic carbocycles. The van der Waals surface area contributed by atoms with Gasteiger partial charge in [-0.15, -0.1) is 0 Å². The largest absolute Gasteiger partial charge is 0.271 e. The molecule has 0 amide bonds. The predicted octanol–water partition coefficient (Wildman–Crippen LogP) is 3.74. The molecule has 0 bridgehead atoms. The van der Waals surface area contributed by atoms with Crippen molar-refractivity contribution in [3.63, 3.8) is 0 Å². The van der Waals surface area contributed by atoms with Crippen LogP contribution < -0.4 is 11.3 Å². The Morgan fingerprint density at radius 2 is 1.70 bits per heavy atom. The molecule has 106 valence electrons. The second-order valence-corrected chi connectivity index (χ2v) is 5.44. The summed E-state index contributed by atoms with van der Waals surface area (Å²) in [4.78, 5) is 0. The molecule has 0 heterocycles. The molecule has 3 heteroatoms. The first-order valence-electron chi connectivity index (χ1n) is 7.03. The predicted molar refractivity (Wildman–Crippen MR) is 85.6 cm³/mol. The van der Waals surface area contributed by atoms with Gasteiger partial charge in [-0.1, -0.05) is 60.1 Å². The molecule has 3 N–H and O–H groups in total. The molecule has 1 atom stereocenters. The molecule has 20 heavy (non-hydrogen) atoms. The summed E-state index contributed by atoms with van der Waals surface area (Å²) < 4.78 is 0. The van der Waals surface area contributed by atoms with E-state index in [0.717, 1.165) is 36.3 Å². The molecule has 0 aliphatic rings. The van der Waals surface area contributed by atoms with Crippen LogP contribution in [0, 0.1) is 0 Å². The van der Waals surface area contributed by atoms with Crippen LogP contribution in [0.4, 0.5) is 0 Å². The van der Waals surface area contributed by atoms with E-state index < -0.39 is 0 Å². The van der Waals surface area contributed by atoms with Gasteiger partial charge in [0.15, 0.2) is 0 Å². The lowest BCUT2D eigenvalue weighted by Gasteiger charge is -2.16. The molecular formula is C17H21ClN2. The van der Waals surface area contributed by atoms with E-state index >= 15 is 0 Å². The lowest BCUT2D eigenvalue weighted by atomic mass is 9.99. The summed E-state index contributed by atoms with van der Waals surface area (Å²) in [6.07, 6.45) is 4.10. The zero-order valence-corrected chi connectivity index (χ0v) is 12.3. The zero-order chi connectivity index (χ0) is 14.2. The molecule has 0 aliphatic heterocycles. The van der Waals surface area contributed by atoms with Crippen molar-refractivity contribution in [1.82, 2.24) is 5.43 Å². The number of halogens is 1.